The highest BCUT2D eigenvalue weighted by Gasteiger charge is 2.28. The lowest BCUT2D eigenvalue weighted by atomic mass is 10.1. The number of nitrogens with zero attached hydrogens (tertiary/aromatic N) is 1. The summed E-state index contributed by atoms with van der Waals surface area (Å²) in [5, 5.41) is 4.58. The maximum Gasteiger partial charge on any atom is 0.242 e. The number of halogens is 3. The van der Waals surface area contributed by atoms with Crippen LogP contribution < -0.4 is 5.32 Å². The van der Waals surface area contributed by atoms with Gasteiger partial charge in [0.15, 0.2) is 0 Å². The van der Waals surface area contributed by atoms with Gasteiger partial charge in [-0.3, -0.25) is 9.59 Å². The zero-order valence-electron chi connectivity index (χ0n) is 16.8. The van der Waals surface area contributed by atoms with Gasteiger partial charge in [-0.15, -0.1) is 0 Å². The van der Waals surface area contributed by atoms with E-state index in [0.717, 1.165) is 36.8 Å². The van der Waals surface area contributed by atoms with Gasteiger partial charge in [0.05, 0.1) is 16.5 Å². The normalized spacial score (nSPS) is 15.1. The Hall–Kier alpha value is -1.75. The minimum absolute atomic E-state index is 0.133. The van der Waals surface area contributed by atoms with Crippen LogP contribution in [0.5, 0.6) is 0 Å². The van der Waals surface area contributed by atoms with E-state index in [4.69, 9.17) is 34.8 Å². The van der Waals surface area contributed by atoms with E-state index in [-0.39, 0.29) is 30.8 Å². The summed E-state index contributed by atoms with van der Waals surface area (Å²) in [5.74, 6) is -0.274. The molecule has 0 bridgehead atoms. The van der Waals surface area contributed by atoms with E-state index in [1.165, 1.54) is 0 Å². The Labute approximate surface area is 192 Å². The van der Waals surface area contributed by atoms with Crippen molar-refractivity contribution in [3.05, 3.63) is 68.7 Å². The summed E-state index contributed by atoms with van der Waals surface area (Å²) in [6.45, 7) is 2.03. The van der Waals surface area contributed by atoms with Crippen molar-refractivity contribution < 1.29 is 9.59 Å². The van der Waals surface area contributed by atoms with E-state index in [2.05, 4.69) is 5.32 Å². The van der Waals surface area contributed by atoms with Gasteiger partial charge >= 0.3 is 0 Å². The topological polar surface area (TPSA) is 49.4 Å². The lowest BCUT2D eigenvalue weighted by Crippen LogP contribution is -2.50. The molecule has 3 rings (SSSR count). The van der Waals surface area contributed by atoms with Crippen molar-refractivity contribution in [3.63, 3.8) is 0 Å². The Morgan fingerprint density at radius 1 is 1.00 bits per heavy atom. The predicted octanol–water partition coefficient (Wildman–Crippen LogP) is 5.67. The molecule has 160 valence electrons. The maximum absolute atomic E-state index is 13.2. The molecular formula is C23H25Cl3N2O2. The summed E-state index contributed by atoms with van der Waals surface area (Å²) in [6.07, 6.45) is 4.41. The third-order valence-electron chi connectivity index (χ3n) is 5.47. The molecule has 0 unspecified atom stereocenters. The molecule has 2 aromatic rings. The van der Waals surface area contributed by atoms with E-state index in [1.807, 2.05) is 18.2 Å². The molecule has 1 atom stereocenters. The van der Waals surface area contributed by atoms with Crippen LogP contribution >= 0.6 is 34.8 Å². The van der Waals surface area contributed by atoms with Crippen LogP contribution in [0.1, 0.15) is 43.7 Å². The van der Waals surface area contributed by atoms with Gasteiger partial charge in [-0.2, -0.15) is 0 Å². The molecule has 0 spiro atoms. The van der Waals surface area contributed by atoms with Gasteiger partial charge in [0.2, 0.25) is 11.8 Å². The molecule has 1 saturated carbocycles. The Kier molecular flexibility index (Phi) is 8.04. The van der Waals surface area contributed by atoms with Crippen LogP contribution in [0.15, 0.2) is 42.5 Å². The monoisotopic (exact) mass is 466 g/mol. The second-order valence-corrected chi connectivity index (χ2v) is 8.99. The predicted molar refractivity (Wildman–Crippen MR) is 122 cm³/mol. The van der Waals surface area contributed by atoms with Crippen molar-refractivity contribution >= 4 is 46.6 Å². The Balaban J connectivity index is 1.78. The van der Waals surface area contributed by atoms with Gasteiger partial charge in [0, 0.05) is 17.6 Å². The van der Waals surface area contributed by atoms with Gasteiger partial charge in [0.25, 0.3) is 0 Å². The molecule has 0 heterocycles. The van der Waals surface area contributed by atoms with E-state index >= 15 is 0 Å². The highest BCUT2D eigenvalue weighted by atomic mass is 35.5. The number of hydrogen-bond donors (Lipinski definition) is 1. The molecule has 0 aliphatic heterocycles. The first-order valence-electron chi connectivity index (χ1n) is 10.1. The van der Waals surface area contributed by atoms with E-state index in [9.17, 15) is 9.59 Å². The zero-order valence-corrected chi connectivity index (χ0v) is 19.1. The van der Waals surface area contributed by atoms with Gasteiger partial charge < -0.3 is 10.2 Å². The maximum atomic E-state index is 13.2. The van der Waals surface area contributed by atoms with Gasteiger partial charge in [0.1, 0.15) is 6.04 Å². The molecule has 4 nitrogen and oxygen atoms in total. The minimum Gasteiger partial charge on any atom is -0.352 e. The minimum atomic E-state index is -0.611. The number of nitrogens with one attached hydrogen (secondary N) is 1. The lowest BCUT2D eigenvalue weighted by molar-refractivity contribution is -0.140. The third-order valence-corrected chi connectivity index (χ3v) is 6.47. The highest BCUT2D eigenvalue weighted by molar-refractivity contribution is 6.42. The van der Waals surface area contributed by atoms with Crippen LogP contribution in [0, 0.1) is 0 Å². The fourth-order valence-electron chi connectivity index (χ4n) is 3.69. The summed E-state index contributed by atoms with van der Waals surface area (Å²) < 4.78 is 0. The first kappa shape index (κ1) is 22.9. The molecule has 1 fully saturated rings. The Morgan fingerprint density at radius 3 is 2.27 bits per heavy atom. The SMILES string of the molecule is C[C@H](C(=O)NC1CCCC1)N(Cc1ccc(Cl)c(Cl)c1)C(=O)Cc1ccc(Cl)cc1. The molecule has 30 heavy (non-hydrogen) atoms. The molecule has 1 N–H and O–H groups in total. The molecule has 1 aliphatic rings. The standard InChI is InChI=1S/C23H25Cl3N2O2/c1-15(23(30)27-19-4-2-3-5-19)28(14-17-8-11-20(25)21(26)12-17)22(29)13-16-6-9-18(24)10-7-16/h6-12,15,19H,2-5,13-14H2,1H3,(H,27,30)/t15-/m1/s1. The quantitative estimate of drug-likeness (QED) is 0.571. The van der Waals surface area contributed by atoms with Crippen molar-refractivity contribution in [1.82, 2.24) is 10.2 Å². The molecule has 7 heteroatoms. The molecule has 0 radical (unpaired) electrons. The van der Waals surface area contributed by atoms with Gasteiger partial charge in [-0.25, -0.2) is 0 Å². The number of carbonyl (C=O) groups excluding carboxylic acids is 2. The summed E-state index contributed by atoms with van der Waals surface area (Å²) in [7, 11) is 0. The van der Waals surface area contributed by atoms with Crippen molar-refractivity contribution in [2.24, 2.45) is 0 Å². The van der Waals surface area contributed by atoms with Crippen molar-refractivity contribution in [3.8, 4) is 0 Å². The van der Waals surface area contributed by atoms with E-state index in [1.54, 1.807) is 36.1 Å². The van der Waals surface area contributed by atoms with Crippen LogP contribution in [0.4, 0.5) is 0 Å². The summed E-state index contributed by atoms with van der Waals surface area (Å²) in [5.41, 5.74) is 1.65. The summed E-state index contributed by atoms with van der Waals surface area (Å²) in [6, 6.07) is 12.0. The summed E-state index contributed by atoms with van der Waals surface area (Å²) in [4.78, 5) is 27.7. The average Bonchev–Trinajstić information content (AvgIpc) is 3.23. The number of rotatable bonds is 7. The molecule has 0 saturated heterocycles. The fourth-order valence-corrected chi connectivity index (χ4v) is 4.13. The first-order chi connectivity index (χ1) is 14.3. The number of amides is 2. The van der Waals surface area contributed by atoms with Crippen molar-refractivity contribution in [2.45, 2.75) is 57.7 Å². The van der Waals surface area contributed by atoms with Crippen LogP contribution in [0.2, 0.25) is 15.1 Å². The van der Waals surface area contributed by atoms with Crippen LogP contribution in [0.25, 0.3) is 0 Å². The molecular weight excluding hydrogens is 443 g/mol. The van der Waals surface area contributed by atoms with Gasteiger partial charge in [-0.05, 0) is 55.2 Å². The van der Waals surface area contributed by atoms with Crippen molar-refractivity contribution in [2.75, 3.05) is 0 Å². The van der Waals surface area contributed by atoms with Gasteiger partial charge in [-0.1, -0.05) is 65.8 Å². The third kappa shape index (κ3) is 6.13. The van der Waals surface area contributed by atoms with Crippen molar-refractivity contribution in [1.29, 1.82) is 0 Å². The van der Waals surface area contributed by atoms with Crippen LogP contribution in [-0.4, -0.2) is 28.8 Å². The number of carbonyl (C=O) groups is 2. The Bertz CT molecular complexity index is 896. The summed E-state index contributed by atoms with van der Waals surface area (Å²) >= 11 is 18.1. The van der Waals surface area contributed by atoms with Crippen LogP contribution in [-0.2, 0) is 22.6 Å². The molecule has 0 aromatic heterocycles. The lowest BCUT2D eigenvalue weighted by Gasteiger charge is -2.30. The second kappa shape index (κ2) is 10.5. The van der Waals surface area contributed by atoms with E-state index < -0.39 is 6.04 Å². The molecule has 1 aliphatic carbocycles. The fraction of sp³-hybridized carbons (Fsp3) is 0.391. The number of benzene rings is 2. The highest BCUT2D eigenvalue weighted by Crippen LogP contribution is 2.24. The smallest absolute Gasteiger partial charge is 0.242 e. The zero-order chi connectivity index (χ0) is 21.7. The number of hydrogen-bond acceptors (Lipinski definition) is 2. The van der Waals surface area contributed by atoms with Crippen LogP contribution in [0.3, 0.4) is 0 Å². The largest absolute Gasteiger partial charge is 0.352 e. The Morgan fingerprint density at radius 2 is 1.63 bits per heavy atom. The van der Waals surface area contributed by atoms with E-state index in [0.29, 0.717) is 15.1 Å². The molecule has 2 aromatic carbocycles. The molecule has 2 amide bonds. The first-order valence-corrected chi connectivity index (χ1v) is 11.2. The second-order valence-electron chi connectivity index (χ2n) is 7.74. The average molecular weight is 468 g/mol.